The fraction of sp³-hybridized carbons (Fsp3) is 0.263. The summed E-state index contributed by atoms with van der Waals surface area (Å²) in [5, 5.41) is 8.39. The molecule has 1 aromatic carbocycles. The molecule has 2 aromatic heterocycles. The zero-order valence-electron chi connectivity index (χ0n) is 15.7. The average Bonchev–Trinajstić information content (AvgIpc) is 3.25. The van der Waals surface area contributed by atoms with E-state index in [-0.39, 0.29) is 11.0 Å². The average molecular weight is 420 g/mol. The van der Waals surface area contributed by atoms with Crippen LogP contribution in [-0.2, 0) is 4.74 Å². The van der Waals surface area contributed by atoms with Crippen LogP contribution in [0.1, 0.15) is 39.0 Å². The maximum absolute atomic E-state index is 12.9. The number of aromatic nitrogens is 3. The first kappa shape index (κ1) is 20.2. The number of nitrogens with zero attached hydrogens (tertiary/aromatic N) is 2. The van der Waals surface area contributed by atoms with Gasteiger partial charge in [0.15, 0.2) is 5.78 Å². The number of esters is 1. The van der Waals surface area contributed by atoms with E-state index in [1.54, 1.807) is 45.0 Å². The lowest BCUT2D eigenvalue weighted by molar-refractivity contribution is 0.0599. The number of aromatic amines is 1. The summed E-state index contributed by atoms with van der Waals surface area (Å²) < 4.78 is 10.4. The number of rotatable bonds is 6. The number of hydrogen-bond donors (Lipinski definition) is 1. The molecular formula is C19H18ClN3O4S. The number of carbonyl (C=O) groups excluding carboxylic acids is 2. The summed E-state index contributed by atoms with van der Waals surface area (Å²) in [6.45, 7) is 5.18. The van der Waals surface area contributed by atoms with Crippen LogP contribution in [0.3, 0.4) is 0 Å². The van der Waals surface area contributed by atoms with Crippen LogP contribution in [0.5, 0.6) is 0 Å². The Labute approximate surface area is 170 Å². The highest BCUT2D eigenvalue weighted by atomic mass is 35.5. The predicted molar refractivity (Wildman–Crippen MR) is 106 cm³/mol. The van der Waals surface area contributed by atoms with Gasteiger partial charge in [0.2, 0.25) is 5.89 Å². The van der Waals surface area contributed by atoms with Gasteiger partial charge in [-0.25, -0.2) is 4.79 Å². The first-order valence-corrected chi connectivity index (χ1v) is 9.65. The Hall–Kier alpha value is -2.58. The molecular weight excluding hydrogens is 402 g/mol. The molecule has 146 valence electrons. The van der Waals surface area contributed by atoms with Crippen molar-refractivity contribution < 1.29 is 18.7 Å². The van der Waals surface area contributed by atoms with Gasteiger partial charge in [-0.1, -0.05) is 23.4 Å². The van der Waals surface area contributed by atoms with E-state index in [4.69, 9.17) is 20.8 Å². The molecule has 0 aliphatic carbocycles. The molecule has 0 aliphatic heterocycles. The fourth-order valence-corrected chi connectivity index (χ4v) is 3.65. The Kier molecular flexibility index (Phi) is 5.90. The van der Waals surface area contributed by atoms with Crippen molar-refractivity contribution in [2.75, 3.05) is 7.11 Å². The molecule has 0 radical (unpaired) electrons. The molecule has 9 heteroatoms. The van der Waals surface area contributed by atoms with Crippen molar-refractivity contribution in [2.45, 2.75) is 31.2 Å². The van der Waals surface area contributed by atoms with E-state index >= 15 is 0 Å². The van der Waals surface area contributed by atoms with Gasteiger partial charge in [-0.05, 0) is 50.6 Å². The normalized spacial score (nSPS) is 12.0. The highest BCUT2D eigenvalue weighted by molar-refractivity contribution is 8.00. The van der Waals surface area contributed by atoms with Gasteiger partial charge in [0, 0.05) is 16.3 Å². The van der Waals surface area contributed by atoms with Crippen molar-refractivity contribution in [2.24, 2.45) is 0 Å². The van der Waals surface area contributed by atoms with Crippen LogP contribution in [-0.4, -0.2) is 39.3 Å². The van der Waals surface area contributed by atoms with Gasteiger partial charge in [-0.3, -0.25) is 4.79 Å². The van der Waals surface area contributed by atoms with Crippen LogP contribution in [0.15, 0.2) is 33.9 Å². The minimum absolute atomic E-state index is 0.174. The van der Waals surface area contributed by atoms with Crippen molar-refractivity contribution in [3.8, 4) is 11.5 Å². The molecule has 28 heavy (non-hydrogen) atoms. The third-order valence-electron chi connectivity index (χ3n) is 4.22. The molecule has 0 amide bonds. The second-order valence-electron chi connectivity index (χ2n) is 6.12. The van der Waals surface area contributed by atoms with E-state index in [1.807, 2.05) is 0 Å². The van der Waals surface area contributed by atoms with E-state index in [2.05, 4.69) is 15.2 Å². The van der Waals surface area contributed by atoms with Crippen LogP contribution < -0.4 is 0 Å². The number of halogens is 1. The number of hydrogen-bond acceptors (Lipinski definition) is 7. The van der Waals surface area contributed by atoms with Crippen LogP contribution in [0.2, 0.25) is 5.02 Å². The molecule has 7 nitrogen and oxygen atoms in total. The van der Waals surface area contributed by atoms with E-state index in [9.17, 15) is 9.59 Å². The Morgan fingerprint density at radius 1 is 1.21 bits per heavy atom. The minimum atomic E-state index is -0.499. The van der Waals surface area contributed by atoms with Crippen LogP contribution >= 0.6 is 23.4 Å². The van der Waals surface area contributed by atoms with E-state index < -0.39 is 11.2 Å². The molecule has 0 saturated heterocycles. The first-order valence-electron chi connectivity index (χ1n) is 8.39. The van der Waals surface area contributed by atoms with Crippen LogP contribution in [0, 0.1) is 13.8 Å². The van der Waals surface area contributed by atoms with Gasteiger partial charge in [-0.15, -0.1) is 10.2 Å². The lowest BCUT2D eigenvalue weighted by Crippen LogP contribution is -2.15. The van der Waals surface area contributed by atoms with E-state index in [0.29, 0.717) is 33.4 Å². The molecule has 0 aliphatic rings. The number of aryl methyl sites for hydroxylation is 1. The highest BCUT2D eigenvalue weighted by Crippen LogP contribution is 2.29. The smallest absolute Gasteiger partial charge is 0.339 e. The third kappa shape index (κ3) is 3.98. The first-order chi connectivity index (χ1) is 13.3. The fourth-order valence-electron chi connectivity index (χ4n) is 2.78. The molecule has 2 heterocycles. The molecule has 1 atom stereocenters. The number of H-pyrrole nitrogens is 1. The van der Waals surface area contributed by atoms with Gasteiger partial charge in [0.25, 0.3) is 5.22 Å². The molecule has 0 saturated carbocycles. The van der Waals surface area contributed by atoms with E-state index in [0.717, 1.165) is 17.3 Å². The lowest BCUT2D eigenvalue weighted by atomic mass is 10.1. The molecule has 3 aromatic rings. The van der Waals surface area contributed by atoms with Gasteiger partial charge in [-0.2, -0.15) is 0 Å². The van der Waals surface area contributed by atoms with Gasteiger partial charge < -0.3 is 14.1 Å². The largest absolute Gasteiger partial charge is 0.465 e. The van der Waals surface area contributed by atoms with Crippen molar-refractivity contribution in [1.82, 2.24) is 15.2 Å². The summed E-state index contributed by atoms with van der Waals surface area (Å²) in [5.41, 5.74) is 2.64. The predicted octanol–water partition coefficient (Wildman–Crippen LogP) is 4.49. The molecule has 0 fully saturated rings. The van der Waals surface area contributed by atoms with Crippen LogP contribution in [0.25, 0.3) is 11.5 Å². The third-order valence-corrected chi connectivity index (χ3v) is 5.40. The maximum atomic E-state index is 12.9. The van der Waals surface area contributed by atoms with Crippen molar-refractivity contribution in [1.29, 1.82) is 0 Å². The van der Waals surface area contributed by atoms with Gasteiger partial charge in [0.05, 0.1) is 23.6 Å². The van der Waals surface area contributed by atoms with Crippen molar-refractivity contribution in [3.05, 3.63) is 51.8 Å². The molecule has 3 rings (SSSR count). The topological polar surface area (TPSA) is 98.1 Å². The number of ketones is 1. The Bertz CT molecular complexity index is 1030. The molecule has 0 spiro atoms. The number of Topliss-reactive ketones (excluding diaryl/α,β-unsaturated/α-hetero) is 1. The van der Waals surface area contributed by atoms with Gasteiger partial charge >= 0.3 is 5.97 Å². The van der Waals surface area contributed by atoms with E-state index in [1.165, 1.54) is 7.11 Å². The molecule has 0 bridgehead atoms. The summed E-state index contributed by atoms with van der Waals surface area (Å²) in [7, 11) is 1.31. The SMILES string of the molecule is COC(=O)c1c(C)[nH]c(C(=O)C(C)Sc2nnc(-c3ccc(Cl)cc3)o2)c1C. The van der Waals surface area contributed by atoms with Crippen LogP contribution in [0.4, 0.5) is 0 Å². The number of ether oxygens (including phenoxy) is 1. The Morgan fingerprint density at radius 3 is 2.54 bits per heavy atom. The number of carbonyl (C=O) groups is 2. The number of nitrogens with one attached hydrogen (secondary N) is 1. The standard InChI is InChI=1S/C19H18ClN3O4S/c1-9-14(18(25)26-4)10(2)21-15(9)16(24)11(3)28-19-23-22-17(27-19)12-5-7-13(20)8-6-12/h5-8,11,21H,1-4H3. The summed E-state index contributed by atoms with van der Waals surface area (Å²) >= 11 is 7.03. The summed E-state index contributed by atoms with van der Waals surface area (Å²) in [4.78, 5) is 27.8. The zero-order valence-corrected chi connectivity index (χ0v) is 17.3. The lowest BCUT2D eigenvalue weighted by Gasteiger charge is -2.07. The van der Waals surface area contributed by atoms with Crippen molar-refractivity contribution in [3.63, 3.8) is 0 Å². The Morgan fingerprint density at radius 2 is 1.89 bits per heavy atom. The zero-order chi connectivity index (χ0) is 20.4. The quantitative estimate of drug-likeness (QED) is 0.357. The minimum Gasteiger partial charge on any atom is -0.465 e. The Balaban J connectivity index is 1.77. The molecule has 1 unspecified atom stereocenters. The summed E-state index contributed by atoms with van der Waals surface area (Å²) in [6.07, 6.45) is 0. The highest BCUT2D eigenvalue weighted by Gasteiger charge is 2.27. The van der Waals surface area contributed by atoms with Crippen molar-refractivity contribution >= 4 is 35.1 Å². The maximum Gasteiger partial charge on any atom is 0.339 e. The summed E-state index contributed by atoms with van der Waals surface area (Å²) in [6, 6.07) is 7.02. The number of benzene rings is 1. The monoisotopic (exact) mass is 419 g/mol. The second kappa shape index (κ2) is 8.20. The number of methoxy groups -OCH3 is 1. The van der Waals surface area contributed by atoms with Gasteiger partial charge in [0.1, 0.15) is 0 Å². The second-order valence-corrected chi connectivity index (χ2v) is 7.85. The summed E-state index contributed by atoms with van der Waals surface area (Å²) in [5.74, 6) is -0.305. The number of thioether (sulfide) groups is 1. The molecule has 1 N–H and O–H groups in total.